The highest BCUT2D eigenvalue weighted by Crippen LogP contribution is 2.33. The largest absolute Gasteiger partial charge is 0.417 e. The van der Waals surface area contributed by atoms with Crippen LogP contribution in [0.1, 0.15) is 18.9 Å². The van der Waals surface area contributed by atoms with Crippen LogP contribution in [-0.4, -0.2) is 25.2 Å². The Bertz CT molecular complexity index is 1020. The summed E-state index contributed by atoms with van der Waals surface area (Å²) in [6, 6.07) is 3.75. The number of rotatable bonds is 5. The van der Waals surface area contributed by atoms with Crippen LogP contribution < -0.4 is 10.9 Å². The first-order valence-corrected chi connectivity index (χ1v) is 8.17. The van der Waals surface area contributed by atoms with E-state index >= 15 is 0 Å². The molecule has 0 aliphatic rings. The Morgan fingerprint density at radius 3 is 2.59 bits per heavy atom. The van der Waals surface area contributed by atoms with Crippen molar-refractivity contribution in [3.8, 4) is 0 Å². The molecule has 0 aliphatic heterocycles. The number of hydrogen-bond acceptors (Lipinski definition) is 4. The first kappa shape index (κ1) is 18.6. The Balaban J connectivity index is 1.90. The molecule has 0 radical (unpaired) electrons. The maximum atomic E-state index is 13.2. The number of carbonyl (C=O) groups is 1. The van der Waals surface area contributed by atoms with Gasteiger partial charge in [0.1, 0.15) is 0 Å². The summed E-state index contributed by atoms with van der Waals surface area (Å²) in [5.74, 6) is -0.379. The van der Waals surface area contributed by atoms with Crippen molar-refractivity contribution >= 4 is 22.6 Å². The predicted molar refractivity (Wildman–Crippen MR) is 92.2 cm³/mol. The van der Waals surface area contributed by atoms with Gasteiger partial charge in [0, 0.05) is 55.2 Å². The van der Waals surface area contributed by atoms with E-state index in [1.54, 1.807) is 19.1 Å². The van der Waals surface area contributed by atoms with E-state index in [1.165, 1.54) is 23.3 Å². The lowest BCUT2D eigenvalue weighted by Gasteiger charge is -2.11. The van der Waals surface area contributed by atoms with Crippen molar-refractivity contribution in [3.63, 3.8) is 0 Å². The van der Waals surface area contributed by atoms with Crippen LogP contribution in [-0.2, 0) is 24.1 Å². The van der Waals surface area contributed by atoms with Gasteiger partial charge in [-0.1, -0.05) is 0 Å². The van der Waals surface area contributed by atoms with Crippen molar-refractivity contribution in [2.24, 2.45) is 0 Å². The molecular weight excluding hydrogens is 363 g/mol. The zero-order valence-corrected chi connectivity index (χ0v) is 14.3. The monoisotopic (exact) mass is 379 g/mol. The predicted octanol–water partition coefficient (Wildman–Crippen LogP) is 2.66. The summed E-state index contributed by atoms with van der Waals surface area (Å²) in [5, 5.41) is 6.53. The van der Waals surface area contributed by atoms with Crippen LogP contribution in [0.3, 0.4) is 0 Å². The zero-order valence-electron chi connectivity index (χ0n) is 14.3. The summed E-state index contributed by atoms with van der Waals surface area (Å²) in [7, 11) is 0. The molecule has 1 N–H and O–H groups in total. The van der Waals surface area contributed by atoms with E-state index < -0.39 is 17.3 Å². The van der Waals surface area contributed by atoms with E-state index in [4.69, 9.17) is 0 Å². The van der Waals surface area contributed by atoms with Gasteiger partial charge in [0.05, 0.1) is 5.56 Å². The van der Waals surface area contributed by atoms with Gasteiger partial charge < -0.3 is 5.32 Å². The summed E-state index contributed by atoms with van der Waals surface area (Å²) >= 11 is 0. The number of carbonyl (C=O) groups excluding carboxylic acids is 1. The summed E-state index contributed by atoms with van der Waals surface area (Å²) < 4.78 is 42.1. The minimum atomic E-state index is -4.67. The van der Waals surface area contributed by atoms with Crippen LogP contribution in [0.4, 0.5) is 18.9 Å². The van der Waals surface area contributed by atoms with E-state index in [0.29, 0.717) is 18.3 Å². The molecule has 3 rings (SSSR count). The highest BCUT2D eigenvalue weighted by molar-refractivity contribution is 5.90. The smallest absolute Gasteiger partial charge is 0.326 e. The standard InChI is InChI=1S/C17H16F3N5O2/c1-2-24-10-12-13(17(18,19)20)9-15(27)25(16(12)23-24)8-5-14(26)22-11-3-6-21-7-4-11/h3-4,6-7,9-10H,2,5,8H2,1H3,(H,21,22,26). The minimum absolute atomic E-state index is 0.0895. The number of nitrogens with one attached hydrogen (secondary N) is 1. The molecule has 3 heterocycles. The van der Waals surface area contributed by atoms with Gasteiger partial charge in [-0.25, -0.2) is 0 Å². The van der Waals surface area contributed by atoms with Crippen LogP contribution in [0.5, 0.6) is 0 Å². The van der Waals surface area contributed by atoms with Crippen molar-refractivity contribution in [1.29, 1.82) is 0 Å². The van der Waals surface area contributed by atoms with Gasteiger partial charge in [-0.15, -0.1) is 0 Å². The van der Waals surface area contributed by atoms with Crippen LogP contribution in [0.2, 0.25) is 0 Å². The number of anilines is 1. The van der Waals surface area contributed by atoms with Crippen LogP contribution in [0.15, 0.2) is 41.6 Å². The number of aromatic nitrogens is 4. The summed E-state index contributed by atoms with van der Waals surface area (Å²) in [4.78, 5) is 28.1. The van der Waals surface area contributed by atoms with Gasteiger partial charge in [-0.2, -0.15) is 18.3 Å². The summed E-state index contributed by atoms with van der Waals surface area (Å²) in [6.45, 7) is 1.98. The second-order valence-electron chi connectivity index (χ2n) is 5.80. The third-order valence-electron chi connectivity index (χ3n) is 3.98. The Labute approximate surface area is 151 Å². The topological polar surface area (TPSA) is 81.8 Å². The maximum Gasteiger partial charge on any atom is 0.417 e. The van der Waals surface area contributed by atoms with Crippen molar-refractivity contribution in [2.75, 3.05) is 5.32 Å². The number of hydrogen-bond donors (Lipinski definition) is 1. The average Bonchev–Trinajstić information content (AvgIpc) is 3.04. The van der Waals surface area contributed by atoms with Crippen molar-refractivity contribution in [2.45, 2.75) is 32.6 Å². The van der Waals surface area contributed by atoms with E-state index in [0.717, 1.165) is 4.57 Å². The molecule has 0 aromatic carbocycles. The van der Waals surface area contributed by atoms with Crippen LogP contribution in [0, 0.1) is 0 Å². The highest BCUT2D eigenvalue weighted by atomic mass is 19.4. The normalized spacial score (nSPS) is 11.7. The first-order chi connectivity index (χ1) is 12.8. The lowest BCUT2D eigenvalue weighted by molar-refractivity contribution is -0.136. The molecule has 27 heavy (non-hydrogen) atoms. The SMILES string of the molecule is CCn1cc2c(C(F)(F)F)cc(=O)n(CCC(=O)Nc3ccncc3)c2n1. The third-order valence-corrected chi connectivity index (χ3v) is 3.98. The molecule has 1 amide bonds. The Morgan fingerprint density at radius 2 is 1.96 bits per heavy atom. The molecule has 0 spiro atoms. The molecular formula is C17H16F3N5O2. The molecule has 0 bridgehead atoms. The highest BCUT2D eigenvalue weighted by Gasteiger charge is 2.35. The number of amides is 1. The number of fused-ring (bicyclic) bond motifs is 1. The van der Waals surface area contributed by atoms with Crippen molar-refractivity contribution in [1.82, 2.24) is 19.3 Å². The zero-order chi connectivity index (χ0) is 19.6. The minimum Gasteiger partial charge on any atom is -0.326 e. The van der Waals surface area contributed by atoms with Crippen LogP contribution >= 0.6 is 0 Å². The quantitative estimate of drug-likeness (QED) is 0.739. The molecule has 10 heteroatoms. The molecule has 0 unspecified atom stereocenters. The van der Waals surface area contributed by atoms with Gasteiger partial charge >= 0.3 is 6.18 Å². The van der Waals surface area contributed by atoms with Crippen molar-refractivity contribution < 1.29 is 18.0 Å². The summed E-state index contributed by atoms with van der Waals surface area (Å²) in [6.07, 6.45) is -0.489. The van der Waals surface area contributed by atoms with Gasteiger partial charge in [-0.3, -0.25) is 23.8 Å². The van der Waals surface area contributed by atoms with E-state index in [-0.39, 0.29) is 29.9 Å². The fourth-order valence-electron chi connectivity index (χ4n) is 2.67. The molecule has 3 aromatic rings. The number of aryl methyl sites for hydroxylation is 2. The molecule has 3 aromatic heterocycles. The molecule has 7 nitrogen and oxygen atoms in total. The molecule has 0 atom stereocenters. The van der Waals surface area contributed by atoms with Gasteiger partial charge in [0.15, 0.2) is 5.65 Å². The Kier molecular flexibility index (Phi) is 4.98. The van der Waals surface area contributed by atoms with Crippen LogP contribution in [0.25, 0.3) is 11.0 Å². The van der Waals surface area contributed by atoms with Gasteiger partial charge in [-0.05, 0) is 19.1 Å². The molecule has 142 valence electrons. The van der Waals surface area contributed by atoms with Gasteiger partial charge in [0.2, 0.25) is 5.91 Å². The summed E-state index contributed by atoms with van der Waals surface area (Å²) in [5.41, 5.74) is -1.43. The van der Waals surface area contributed by atoms with E-state index in [2.05, 4.69) is 15.4 Å². The number of alkyl halides is 3. The van der Waals surface area contributed by atoms with Gasteiger partial charge in [0.25, 0.3) is 5.56 Å². The maximum absolute atomic E-state index is 13.2. The van der Waals surface area contributed by atoms with E-state index in [9.17, 15) is 22.8 Å². The second-order valence-corrected chi connectivity index (χ2v) is 5.80. The Hall–Kier alpha value is -3.17. The lowest BCUT2D eigenvalue weighted by atomic mass is 10.2. The molecule has 0 saturated heterocycles. The molecule has 0 saturated carbocycles. The van der Waals surface area contributed by atoms with Crippen molar-refractivity contribution in [3.05, 3.63) is 52.7 Å². The number of halogens is 3. The lowest BCUT2D eigenvalue weighted by Crippen LogP contribution is -2.25. The Morgan fingerprint density at radius 1 is 1.26 bits per heavy atom. The number of nitrogens with zero attached hydrogens (tertiary/aromatic N) is 4. The fraction of sp³-hybridized carbons (Fsp3) is 0.294. The second kappa shape index (κ2) is 7.22. The molecule has 0 aliphatic carbocycles. The third kappa shape index (κ3) is 3.99. The average molecular weight is 379 g/mol. The number of pyridine rings is 2. The first-order valence-electron chi connectivity index (χ1n) is 8.17. The fourth-order valence-corrected chi connectivity index (χ4v) is 2.67. The van der Waals surface area contributed by atoms with E-state index in [1.807, 2.05) is 0 Å². The molecule has 0 fully saturated rings.